The molecule has 1 aromatic heterocycles. The van der Waals surface area contributed by atoms with Gasteiger partial charge >= 0.3 is 5.69 Å². The minimum Gasteiger partial charge on any atom is -0.356 e. The van der Waals surface area contributed by atoms with Crippen LogP contribution in [0.15, 0.2) is 35.1 Å². The van der Waals surface area contributed by atoms with Crippen molar-refractivity contribution in [2.45, 2.75) is 32.1 Å². The van der Waals surface area contributed by atoms with Crippen LogP contribution < -0.4 is 11.0 Å². The van der Waals surface area contributed by atoms with E-state index >= 15 is 0 Å². The molecule has 0 bridgehead atoms. The number of nitrogens with zero attached hydrogens (tertiary/aromatic N) is 4. The summed E-state index contributed by atoms with van der Waals surface area (Å²) in [5.74, 6) is 0.559. The minimum atomic E-state index is -0.190. The number of aryl methyl sites for hydroxylation is 1. The molecule has 2 amide bonds. The van der Waals surface area contributed by atoms with E-state index in [1.807, 2.05) is 35.2 Å². The van der Waals surface area contributed by atoms with Crippen LogP contribution in [0.2, 0.25) is 0 Å². The van der Waals surface area contributed by atoms with E-state index in [2.05, 4.69) is 10.4 Å². The van der Waals surface area contributed by atoms with Crippen LogP contribution >= 0.6 is 0 Å². The third kappa shape index (κ3) is 4.27. The van der Waals surface area contributed by atoms with Gasteiger partial charge in [-0.25, -0.2) is 14.0 Å². The van der Waals surface area contributed by atoms with Gasteiger partial charge < -0.3 is 10.2 Å². The van der Waals surface area contributed by atoms with Gasteiger partial charge in [0.05, 0.1) is 5.69 Å². The van der Waals surface area contributed by atoms with Crippen molar-refractivity contribution in [2.24, 2.45) is 7.05 Å². The van der Waals surface area contributed by atoms with Gasteiger partial charge in [-0.15, -0.1) is 0 Å². The summed E-state index contributed by atoms with van der Waals surface area (Å²) in [5, 5.41) is 7.11. The number of aromatic nitrogens is 3. The molecule has 3 rings (SSSR count). The van der Waals surface area contributed by atoms with Crippen molar-refractivity contribution in [3.05, 3.63) is 46.6 Å². The lowest BCUT2D eigenvalue weighted by atomic mass is 9.96. The van der Waals surface area contributed by atoms with Crippen LogP contribution in [0.5, 0.6) is 0 Å². The third-order valence-corrected chi connectivity index (χ3v) is 4.82. The molecule has 0 spiro atoms. The molecule has 1 atom stereocenters. The van der Waals surface area contributed by atoms with Crippen molar-refractivity contribution in [3.63, 3.8) is 0 Å². The maximum absolute atomic E-state index is 12.6. The molecule has 1 aliphatic heterocycles. The number of hydrogen-bond donors (Lipinski definition) is 1. The Hall–Kier alpha value is -2.90. The lowest BCUT2D eigenvalue weighted by Crippen LogP contribution is -2.41. The molecule has 0 aliphatic carbocycles. The number of para-hydroxylation sites is 1. The van der Waals surface area contributed by atoms with Gasteiger partial charge in [0.1, 0.15) is 5.82 Å². The highest BCUT2D eigenvalue weighted by Gasteiger charge is 2.29. The molecule has 8 heteroatoms. The van der Waals surface area contributed by atoms with E-state index in [1.54, 1.807) is 11.6 Å². The molecule has 2 heterocycles. The fourth-order valence-electron chi connectivity index (χ4n) is 3.49. The van der Waals surface area contributed by atoms with E-state index in [0.717, 1.165) is 18.5 Å². The summed E-state index contributed by atoms with van der Waals surface area (Å²) in [4.78, 5) is 37.8. The standard InChI is InChI=1S/C19H25N5O3/c1-14(25)20-11-10-17(26)23-12-6-7-15(13-23)18-21-22(2)19(27)24(18)16-8-4-3-5-9-16/h3-5,8-9,15H,6-7,10-13H2,1-2H3,(H,20,25). The minimum absolute atomic E-state index is 0.00225. The molecule has 144 valence electrons. The summed E-state index contributed by atoms with van der Waals surface area (Å²) in [5.41, 5.74) is 0.588. The Balaban J connectivity index is 1.79. The van der Waals surface area contributed by atoms with Gasteiger partial charge in [0.2, 0.25) is 11.8 Å². The normalized spacial score (nSPS) is 17.0. The second kappa shape index (κ2) is 8.20. The van der Waals surface area contributed by atoms with Gasteiger partial charge in [-0.2, -0.15) is 5.10 Å². The predicted molar refractivity (Wildman–Crippen MR) is 101 cm³/mol. The van der Waals surface area contributed by atoms with E-state index in [-0.39, 0.29) is 29.8 Å². The van der Waals surface area contributed by atoms with Crippen molar-refractivity contribution in [1.82, 2.24) is 24.6 Å². The SMILES string of the molecule is CC(=O)NCCC(=O)N1CCCC(c2nn(C)c(=O)n2-c2ccccc2)C1. The number of carbonyl (C=O) groups is 2. The van der Waals surface area contributed by atoms with E-state index < -0.39 is 0 Å². The maximum Gasteiger partial charge on any atom is 0.350 e. The number of amides is 2. The number of carbonyl (C=O) groups excluding carboxylic acids is 2. The van der Waals surface area contributed by atoms with Crippen LogP contribution in [-0.2, 0) is 16.6 Å². The number of rotatable bonds is 5. The van der Waals surface area contributed by atoms with Gasteiger partial charge in [0.15, 0.2) is 0 Å². The first kappa shape index (κ1) is 18.9. The van der Waals surface area contributed by atoms with Crippen LogP contribution in [0, 0.1) is 0 Å². The zero-order valence-electron chi connectivity index (χ0n) is 15.7. The Morgan fingerprint density at radius 3 is 2.70 bits per heavy atom. The van der Waals surface area contributed by atoms with Gasteiger partial charge in [-0.05, 0) is 25.0 Å². The van der Waals surface area contributed by atoms with Gasteiger partial charge in [-0.3, -0.25) is 9.59 Å². The van der Waals surface area contributed by atoms with Crippen molar-refractivity contribution in [3.8, 4) is 5.69 Å². The number of benzene rings is 1. The smallest absolute Gasteiger partial charge is 0.350 e. The number of likely N-dealkylation sites (tertiary alicyclic amines) is 1. The average Bonchev–Trinajstić information content (AvgIpc) is 2.97. The highest BCUT2D eigenvalue weighted by Crippen LogP contribution is 2.26. The molecule has 1 fully saturated rings. The molecule has 1 aliphatic rings. The quantitative estimate of drug-likeness (QED) is 0.842. The van der Waals surface area contributed by atoms with Crippen LogP contribution in [0.4, 0.5) is 0 Å². The molecule has 8 nitrogen and oxygen atoms in total. The Labute approximate surface area is 157 Å². The molecule has 1 saturated heterocycles. The number of piperidine rings is 1. The van der Waals surface area contributed by atoms with Crippen LogP contribution in [-0.4, -0.2) is 50.7 Å². The molecular formula is C19H25N5O3. The average molecular weight is 371 g/mol. The monoisotopic (exact) mass is 371 g/mol. The second-order valence-electron chi connectivity index (χ2n) is 6.85. The van der Waals surface area contributed by atoms with E-state index in [1.165, 1.54) is 11.6 Å². The van der Waals surface area contributed by atoms with Gasteiger partial charge in [0.25, 0.3) is 0 Å². The molecule has 0 saturated carbocycles. The highest BCUT2D eigenvalue weighted by atomic mass is 16.2. The summed E-state index contributed by atoms with van der Waals surface area (Å²) in [6, 6.07) is 9.44. The van der Waals surface area contributed by atoms with Crippen LogP contribution in [0.1, 0.15) is 37.9 Å². The van der Waals surface area contributed by atoms with Gasteiger partial charge in [-0.1, -0.05) is 18.2 Å². The fraction of sp³-hybridized carbons (Fsp3) is 0.474. The zero-order valence-corrected chi connectivity index (χ0v) is 15.7. The van der Waals surface area contributed by atoms with E-state index in [0.29, 0.717) is 25.5 Å². The van der Waals surface area contributed by atoms with Crippen LogP contribution in [0.3, 0.4) is 0 Å². The molecule has 1 aromatic carbocycles. The van der Waals surface area contributed by atoms with E-state index in [4.69, 9.17) is 0 Å². The largest absolute Gasteiger partial charge is 0.356 e. The fourth-order valence-corrected chi connectivity index (χ4v) is 3.49. The Kier molecular flexibility index (Phi) is 5.73. The Morgan fingerprint density at radius 2 is 2.00 bits per heavy atom. The molecule has 1 unspecified atom stereocenters. The van der Waals surface area contributed by atoms with Crippen molar-refractivity contribution >= 4 is 11.8 Å². The Bertz CT molecular complexity index is 871. The third-order valence-electron chi connectivity index (χ3n) is 4.82. The van der Waals surface area contributed by atoms with Crippen molar-refractivity contribution in [2.75, 3.05) is 19.6 Å². The van der Waals surface area contributed by atoms with Crippen molar-refractivity contribution < 1.29 is 9.59 Å². The van der Waals surface area contributed by atoms with E-state index in [9.17, 15) is 14.4 Å². The number of nitrogens with one attached hydrogen (secondary N) is 1. The molecule has 0 radical (unpaired) electrons. The second-order valence-corrected chi connectivity index (χ2v) is 6.85. The predicted octanol–water partition coefficient (Wildman–Crippen LogP) is 0.803. The molecule has 2 aromatic rings. The summed E-state index contributed by atoms with van der Waals surface area (Å²) < 4.78 is 2.98. The first-order valence-corrected chi connectivity index (χ1v) is 9.21. The summed E-state index contributed by atoms with van der Waals surface area (Å²) >= 11 is 0. The summed E-state index contributed by atoms with van der Waals surface area (Å²) in [6.07, 6.45) is 2.01. The van der Waals surface area contributed by atoms with Crippen molar-refractivity contribution in [1.29, 1.82) is 0 Å². The summed E-state index contributed by atoms with van der Waals surface area (Å²) in [6.45, 7) is 3.00. The lowest BCUT2D eigenvalue weighted by Gasteiger charge is -2.32. The first-order chi connectivity index (χ1) is 13.0. The Morgan fingerprint density at radius 1 is 1.26 bits per heavy atom. The van der Waals surface area contributed by atoms with Gasteiger partial charge in [0, 0.05) is 45.9 Å². The highest BCUT2D eigenvalue weighted by molar-refractivity contribution is 5.78. The zero-order chi connectivity index (χ0) is 19.4. The first-order valence-electron chi connectivity index (χ1n) is 9.21. The van der Waals surface area contributed by atoms with Crippen LogP contribution in [0.25, 0.3) is 5.69 Å². The lowest BCUT2D eigenvalue weighted by molar-refractivity contribution is -0.132. The topological polar surface area (TPSA) is 89.2 Å². The molecule has 1 N–H and O–H groups in total. The maximum atomic E-state index is 12.6. The summed E-state index contributed by atoms with van der Waals surface area (Å²) in [7, 11) is 1.64. The number of hydrogen-bond acceptors (Lipinski definition) is 4. The molecular weight excluding hydrogens is 346 g/mol. The molecule has 27 heavy (non-hydrogen) atoms.